The molecule has 108 valence electrons. The Morgan fingerprint density at radius 2 is 2.00 bits per heavy atom. The first-order valence-electron chi connectivity index (χ1n) is 6.30. The summed E-state index contributed by atoms with van der Waals surface area (Å²) < 4.78 is 12.9. The van der Waals surface area contributed by atoms with E-state index in [1.807, 2.05) is 6.92 Å². The second kappa shape index (κ2) is 5.25. The van der Waals surface area contributed by atoms with Gasteiger partial charge in [-0.15, -0.1) is 11.8 Å². The molecule has 0 aliphatic rings. The van der Waals surface area contributed by atoms with E-state index in [-0.39, 0.29) is 17.3 Å². The van der Waals surface area contributed by atoms with Crippen LogP contribution in [0.2, 0.25) is 0 Å². The quantitative estimate of drug-likeness (QED) is 0.649. The predicted octanol–water partition coefficient (Wildman–Crippen LogP) is 2.57. The normalized spacial score (nSPS) is 11.1. The van der Waals surface area contributed by atoms with Crippen LogP contribution in [0.3, 0.4) is 0 Å². The second-order valence-corrected chi connectivity index (χ2v) is 5.65. The number of thioether (sulfide) groups is 1. The molecule has 4 N–H and O–H groups in total. The molecule has 5 nitrogen and oxygen atoms in total. The Balaban J connectivity index is 1.95. The van der Waals surface area contributed by atoms with Crippen LogP contribution in [0, 0.1) is 12.7 Å². The third-order valence-electron chi connectivity index (χ3n) is 3.11. The van der Waals surface area contributed by atoms with E-state index in [2.05, 4.69) is 15.0 Å². The summed E-state index contributed by atoms with van der Waals surface area (Å²) in [7, 11) is 0. The third-order valence-corrected chi connectivity index (χ3v) is 4.38. The summed E-state index contributed by atoms with van der Waals surface area (Å²) in [5.41, 5.74) is 7.60. The van der Waals surface area contributed by atoms with Gasteiger partial charge in [0.2, 0.25) is 5.95 Å². The van der Waals surface area contributed by atoms with Crippen molar-refractivity contribution in [3.05, 3.63) is 51.7 Å². The van der Waals surface area contributed by atoms with Gasteiger partial charge in [0.25, 0.3) is 5.56 Å². The number of nitrogens with two attached hydrogens (primary N) is 1. The monoisotopic (exact) mass is 304 g/mol. The average Bonchev–Trinajstić information content (AvgIpc) is 2.74. The Kier molecular flexibility index (Phi) is 3.42. The van der Waals surface area contributed by atoms with Gasteiger partial charge in [-0.3, -0.25) is 9.78 Å². The molecule has 3 rings (SSSR count). The highest BCUT2D eigenvalue weighted by atomic mass is 32.2. The lowest BCUT2D eigenvalue weighted by Crippen LogP contribution is -2.10. The van der Waals surface area contributed by atoms with E-state index >= 15 is 0 Å². The number of aryl methyl sites for hydroxylation is 1. The van der Waals surface area contributed by atoms with Crippen LogP contribution in [0.4, 0.5) is 10.3 Å². The Bertz CT molecular complexity index is 854. The number of H-pyrrole nitrogens is 2. The van der Waals surface area contributed by atoms with Crippen molar-refractivity contribution < 1.29 is 4.39 Å². The Labute approximate surface area is 123 Å². The third kappa shape index (κ3) is 2.64. The summed E-state index contributed by atoms with van der Waals surface area (Å²) in [6, 6.07) is 6.31. The minimum atomic E-state index is -0.261. The molecule has 0 spiro atoms. The molecule has 21 heavy (non-hydrogen) atoms. The summed E-state index contributed by atoms with van der Waals surface area (Å²) in [6.07, 6.45) is 0. The van der Waals surface area contributed by atoms with Crippen molar-refractivity contribution in [2.75, 3.05) is 5.73 Å². The van der Waals surface area contributed by atoms with E-state index in [1.165, 1.54) is 23.9 Å². The standard InChI is InChI=1S/C14H13FN4OS/c1-7-11(21-6-8-2-4-9(15)5-3-8)10-12(17-7)18-14(16)19-13(10)20/h2-5H,6H2,1H3,(H4,16,17,18,19,20). The topological polar surface area (TPSA) is 87.6 Å². The molecule has 0 atom stereocenters. The molecule has 1 aromatic carbocycles. The number of aromatic nitrogens is 3. The highest BCUT2D eigenvalue weighted by molar-refractivity contribution is 7.98. The van der Waals surface area contributed by atoms with Crippen molar-refractivity contribution in [1.29, 1.82) is 0 Å². The summed E-state index contributed by atoms with van der Waals surface area (Å²) in [5.74, 6) is 0.463. The number of anilines is 1. The predicted molar refractivity (Wildman–Crippen MR) is 81.8 cm³/mol. The molecule has 0 bridgehead atoms. The Morgan fingerprint density at radius 3 is 2.71 bits per heavy atom. The molecule has 2 heterocycles. The first kappa shape index (κ1) is 13.7. The number of aromatic amines is 2. The number of rotatable bonds is 3. The first-order valence-corrected chi connectivity index (χ1v) is 7.28. The maximum absolute atomic E-state index is 12.9. The Hall–Kier alpha value is -2.28. The number of hydrogen-bond acceptors (Lipinski definition) is 4. The van der Waals surface area contributed by atoms with Crippen LogP contribution in [0.5, 0.6) is 0 Å². The van der Waals surface area contributed by atoms with Crippen molar-refractivity contribution in [3.63, 3.8) is 0 Å². The van der Waals surface area contributed by atoms with Gasteiger partial charge in [0.1, 0.15) is 11.5 Å². The van der Waals surface area contributed by atoms with Gasteiger partial charge in [0, 0.05) is 16.3 Å². The SMILES string of the molecule is Cc1[nH]c2nc(N)[nH]c(=O)c2c1SCc1ccc(F)cc1. The lowest BCUT2D eigenvalue weighted by Gasteiger charge is -2.02. The van der Waals surface area contributed by atoms with Gasteiger partial charge in [-0.2, -0.15) is 4.98 Å². The van der Waals surface area contributed by atoms with Crippen molar-refractivity contribution in [2.45, 2.75) is 17.6 Å². The maximum Gasteiger partial charge on any atom is 0.262 e. The zero-order valence-electron chi connectivity index (χ0n) is 11.2. The minimum Gasteiger partial charge on any atom is -0.369 e. The molecule has 3 aromatic rings. The summed E-state index contributed by atoms with van der Waals surface area (Å²) in [5, 5.41) is 0.508. The fourth-order valence-corrected chi connectivity index (χ4v) is 3.23. The van der Waals surface area contributed by atoms with Crippen LogP contribution in [0.25, 0.3) is 11.0 Å². The van der Waals surface area contributed by atoms with Crippen molar-refractivity contribution in [3.8, 4) is 0 Å². The molecule has 0 radical (unpaired) electrons. The molecule has 2 aromatic heterocycles. The number of benzene rings is 1. The number of nitrogens with one attached hydrogen (secondary N) is 2. The molecule has 0 aliphatic heterocycles. The van der Waals surface area contributed by atoms with Crippen molar-refractivity contribution in [1.82, 2.24) is 15.0 Å². The lowest BCUT2D eigenvalue weighted by molar-refractivity contribution is 0.627. The fourth-order valence-electron chi connectivity index (χ4n) is 2.13. The summed E-state index contributed by atoms with van der Waals surface area (Å²) >= 11 is 1.51. The van der Waals surface area contributed by atoms with Crippen molar-refractivity contribution in [2.24, 2.45) is 0 Å². The van der Waals surface area contributed by atoms with E-state index < -0.39 is 0 Å². The van der Waals surface area contributed by atoms with Crippen LogP contribution < -0.4 is 11.3 Å². The van der Waals surface area contributed by atoms with Crippen LogP contribution in [0.1, 0.15) is 11.3 Å². The number of hydrogen-bond donors (Lipinski definition) is 3. The molecule has 0 saturated carbocycles. The van der Waals surface area contributed by atoms with Crippen LogP contribution >= 0.6 is 11.8 Å². The van der Waals surface area contributed by atoms with Gasteiger partial charge >= 0.3 is 0 Å². The van der Waals surface area contributed by atoms with E-state index in [4.69, 9.17) is 5.73 Å². The smallest absolute Gasteiger partial charge is 0.262 e. The molecule has 0 aliphatic carbocycles. The van der Waals surface area contributed by atoms with Crippen LogP contribution in [-0.2, 0) is 5.75 Å². The molecule has 0 saturated heterocycles. The first-order chi connectivity index (χ1) is 10.0. The van der Waals surface area contributed by atoms with Gasteiger partial charge in [-0.1, -0.05) is 12.1 Å². The molecule has 0 unspecified atom stereocenters. The fraction of sp³-hybridized carbons (Fsp3) is 0.143. The lowest BCUT2D eigenvalue weighted by atomic mass is 10.2. The number of fused-ring (bicyclic) bond motifs is 1. The van der Waals surface area contributed by atoms with E-state index in [0.29, 0.717) is 16.8 Å². The highest BCUT2D eigenvalue weighted by Gasteiger charge is 2.14. The zero-order valence-corrected chi connectivity index (χ0v) is 12.1. The molecule has 0 fully saturated rings. The molecule has 0 amide bonds. The summed E-state index contributed by atoms with van der Waals surface area (Å²) in [6.45, 7) is 1.88. The van der Waals surface area contributed by atoms with Gasteiger partial charge in [-0.25, -0.2) is 4.39 Å². The van der Waals surface area contributed by atoms with Crippen molar-refractivity contribution >= 4 is 28.7 Å². The molecular weight excluding hydrogens is 291 g/mol. The van der Waals surface area contributed by atoms with Gasteiger partial charge in [0.05, 0.1) is 5.39 Å². The number of nitrogen functional groups attached to an aromatic ring is 1. The maximum atomic E-state index is 12.9. The van der Waals surface area contributed by atoms with Crippen LogP contribution in [-0.4, -0.2) is 15.0 Å². The van der Waals surface area contributed by atoms with Gasteiger partial charge in [0.15, 0.2) is 0 Å². The molecule has 7 heteroatoms. The average molecular weight is 304 g/mol. The highest BCUT2D eigenvalue weighted by Crippen LogP contribution is 2.31. The second-order valence-electron chi connectivity index (χ2n) is 4.67. The van der Waals surface area contributed by atoms with Crippen LogP contribution in [0.15, 0.2) is 34.0 Å². The van der Waals surface area contributed by atoms with Gasteiger partial charge in [-0.05, 0) is 24.6 Å². The largest absolute Gasteiger partial charge is 0.369 e. The van der Waals surface area contributed by atoms with E-state index in [1.54, 1.807) is 12.1 Å². The molecular formula is C14H13FN4OS. The summed E-state index contributed by atoms with van der Waals surface area (Å²) in [4.78, 5) is 22.5. The van der Waals surface area contributed by atoms with Gasteiger partial charge < -0.3 is 10.7 Å². The minimum absolute atomic E-state index is 0.0869. The van der Waals surface area contributed by atoms with E-state index in [0.717, 1.165) is 16.2 Å². The Morgan fingerprint density at radius 1 is 1.29 bits per heavy atom. The van der Waals surface area contributed by atoms with E-state index in [9.17, 15) is 9.18 Å². The number of nitrogens with zero attached hydrogens (tertiary/aromatic N) is 1. The number of halogens is 1. The zero-order chi connectivity index (χ0) is 15.0.